The lowest BCUT2D eigenvalue weighted by atomic mass is 9.97. The van der Waals surface area contributed by atoms with E-state index in [-0.39, 0.29) is 29.9 Å². The number of nitrogens with zero attached hydrogens (tertiary/aromatic N) is 5. The molecule has 1 unspecified atom stereocenters. The number of aromatic nitrogens is 2. The lowest BCUT2D eigenvalue weighted by molar-refractivity contribution is -0.0442. The van der Waals surface area contributed by atoms with Crippen LogP contribution in [0.15, 0.2) is 30.6 Å². The number of rotatable bonds is 9. The first-order valence-electron chi connectivity index (χ1n) is 15.6. The Morgan fingerprint density at radius 2 is 1.74 bits per heavy atom. The van der Waals surface area contributed by atoms with Crippen LogP contribution in [0, 0.1) is 6.92 Å². The molecule has 3 saturated heterocycles. The monoisotopic (exact) mass is 632 g/mol. The standard InChI is InChI=1S/C31H45ClN6O4S/c1-4-43(40,41)36(3)25-12-16-37(17-13-25)26-14-18-38(19-15-26)31(39)29-22(2)30(35-21-34-29)33-20-27-6-5-7-28(42-27)23-8-10-24(32)11-9-23/h8-11,21,25-28H,4-7,12-20H2,1-3H3,(H,33,34,35)/t27?,28-/m0/s1. The maximum Gasteiger partial charge on any atom is 0.272 e. The van der Waals surface area contributed by atoms with Gasteiger partial charge in [-0.1, -0.05) is 23.7 Å². The Hall–Kier alpha value is -2.31. The molecule has 0 saturated carbocycles. The van der Waals surface area contributed by atoms with Crippen molar-refractivity contribution in [3.8, 4) is 0 Å². The minimum absolute atomic E-state index is 0.0449. The number of ether oxygens (including phenoxy) is 1. The van der Waals surface area contributed by atoms with Gasteiger partial charge in [0.05, 0.1) is 18.0 Å². The number of halogens is 1. The van der Waals surface area contributed by atoms with Gasteiger partial charge < -0.3 is 19.9 Å². The molecule has 1 aromatic heterocycles. The Labute approximate surface area is 261 Å². The number of nitrogens with one attached hydrogen (secondary N) is 1. The quantitative estimate of drug-likeness (QED) is 0.430. The SMILES string of the molecule is CCS(=O)(=O)N(C)C1CCN(C2CCN(C(=O)c3ncnc(NCC4CCC[C@@H](c5ccc(Cl)cc5)O4)c3C)CC2)CC1. The summed E-state index contributed by atoms with van der Waals surface area (Å²) in [6, 6.07) is 8.35. The van der Waals surface area contributed by atoms with Crippen molar-refractivity contribution in [3.05, 3.63) is 52.4 Å². The third kappa shape index (κ3) is 7.68. The summed E-state index contributed by atoms with van der Waals surface area (Å²) in [6.45, 7) is 7.35. The van der Waals surface area contributed by atoms with Gasteiger partial charge in [0.1, 0.15) is 17.8 Å². The van der Waals surface area contributed by atoms with E-state index in [1.54, 1.807) is 18.3 Å². The molecule has 4 heterocycles. The molecule has 3 aliphatic heterocycles. The molecule has 10 nitrogen and oxygen atoms in total. The second kappa shape index (κ2) is 14.2. The number of carbonyl (C=O) groups is 1. The zero-order valence-corrected chi connectivity index (χ0v) is 27.1. The first kappa shape index (κ1) is 32.1. The third-order valence-corrected chi connectivity index (χ3v) is 11.6. The van der Waals surface area contributed by atoms with Crippen LogP contribution in [0.3, 0.4) is 0 Å². The minimum Gasteiger partial charge on any atom is -0.368 e. The van der Waals surface area contributed by atoms with Crippen molar-refractivity contribution in [2.24, 2.45) is 0 Å². The smallest absolute Gasteiger partial charge is 0.272 e. The molecule has 2 aromatic rings. The lowest BCUT2D eigenvalue weighted by Gasteiger charge is -2.43. The lowest BCUT2D eigenvalue weighted by Crippen LogP contribution is -2.52. The van der Waals surface area contributed by atoms with Gasteiger partial charge in [-0.2, -0.15) is 0 Å². The van der Waals surface area contributed by atoms with Crippen molar-refractivity contribution in [1.82, 2.24) is 24.1 Å². The number of hydrogen-bond acceptors (Lipinski definition) is 8. The highest BCUT2D eigenvalue weighted by atomic mass is 35.5. The summed E-state index contributed by atoms with van der Waals surface area (Å²) >= 11 is 6.05. The Bertz CT molecular complexity index is 1340. The fourth-order valence-electron chi connectivity index (χ4n) is 6.66. The van der Waals surface area contributed by atoms with Gasteiger partial charge in [0.2, 0.25) is 10.0 Å². The van der Waals surface area contributed by atoms with Gasteiger partial charge in [0, 0.05) is 49.4 Å². The zero-order valence-electron chi connectivity index (χ0n) is 25.5. The van der Waals surface area contributed by atoms with Gasteiger partial charge in [-0.25, -0.2) is 22.7 Å². The summed E-state index contributed by atoms with van der Waals surface area (Å²) in [5.74, 6) is 0.756. The predicted octanol–water partition coefficient (Wildman–Crippen LogP) is 4.51. The van der Waals surface area contributed by atoms with E-state index < -0.39 is 10.0 Å². The van der Waals surface area contributed by atoms with Gasteiger partial charge in [0.15, 0.2) is 0 Å². The van der Waals surface area contributed by atoms with Crippen LogP contribution in [0.1, 0.15) is 79.6 Å². The largest absolute Gasteiger partial charge is 0.368 e. The molecular weight excluding hydrogens is 588 g/mol. The fraction of sp³-hybridized carbons (Fsp3) is 0.645. The normalized spacial score (nSPS) is 23.0. The predicted molar refractivity (Wildman–Crippen MR) is 169 cm³/mol. The Morgan fingerprint density at radius 3 is 2.42 bits per heavy atom. The van der Waals surface area contributed by atoms with Crippen molar-refractivity contribution >= 4 is 33.3 Å². The maximum absolute atomic E-state index is 13.5. The van der Waals surface area contributed by atoms with E-state index in [1.165, 1.54) is 6.33 Å². The molecule has 3 fully saturated rings. The molecule has 0 aliphatic carbocycles. The van der Waals surface area contributed by atoms with Crippen LogP contribution in [-0.4, -0.2) is 102 Å². The average Bonchev–Trinajstić information content (AvgIpc) is 3.04. The minimum atomic E-state index is -3.17. The van der Waals surface area contributed by atoms with Crippen LogP contribution >= 0.6 is 11.6 Å². The van der Waals surface area contributed by atoms with Crippen LogP contribution in [0.25, 0.3) is 0 Å². The van der Waals surface area contributed by atoms with Gasteiger partial charge in [0.25, 0.3) is 5.91 Å². The van der Waals surface area contributed by atoms with Crippen molar-refractivity contribution in [1.29, 1.82) is 0 Å². The Morgan fingerprint density at radius 1 is 1.05 bits per heavy atom. The van der Waals surface area contributed by atoms with Crippen LogP contribution in [-0.2, 0) is 14.8 Å². The number of piperidine rings is 2. The highest BCUT2D eigenvalue weighted by molar-refractivity contribution is 7.89. The van der Waals surface area contributed by atoms with Gasteiger partial charge in [-0.3, -0.25) is 4.79 Å². The zero-order chi connectivity index (χ0) is 30.6. The first-order chi connectivity index (χ1) is 20.7. The molecule has 1 aromatic carbocycles. The Kier molecular flexibility index (Phi) is 10.6. The second-order valence-electron chi connectivity index (χ2n) is 12.0. The van der Waals surface area contributed by atoms with Gasteiger partial charge in [-0.05, 0) is 89.6 Å². The molecule has 3 aliphatic rings. The van der Waals surface area contributed by atoms with Crippen LogP contribution in [0.5, 0.6) is 0 Å². The summed E-state index contributed by atoms with van der Waals surface area (Å²) in [5.41, 5.74) is 2.34. The first-order valence-corrected chi connectivity index (χ1v) is 17.6. The molecule has 5 rings (SSSR count). The highest BCUT2D eigenvalue weighted by Gasteiger charge is 2.34. The van der Waals surface area contributed by atoms with Crippen LogP contribution in [0.4, 0.5) is 5.82 Å². The van der Waals surface area contributed by atoms with Crippen molar-refractivity contribution in [3.63, 3.8) is 0 Å². The summed E-state index contributed by atoms with van der Waals surface area (Å²) < 4.78 is 32.5. The molecule has 0 bridgehead atoms. The molecular formula is C31H45ClN6O4S. The average molecular weight is 633 g/mol. The number of likely N-dealkylation sites (tertiary alicyclic amines) is 2. The number of sulfonamides is 1. The van der Waals surface area contributed by atoms with E-state index in [0.717, 1.165) is 74.2 Å². The number of anilines is 1. The summed E-state index contributed by atoms with van der Waals surface area (Å²) in [5, 5.41) is 4.14. The molecule has 236 valence electrons. The molecule has 1 amide bonds. The summed E-state index contributed by atoms with van der Waals surface area (Å²) in [4.78, 5) is 26.7. The summed E-state index contributed by atoms with van der Waals surface area (Å²) in [6.07, 6.45) is 8.10. The van der Waals surface area contributed by atoms with E-state index >= 15 is 0 Å². The van der Waals surface area contributed by atoms with E-state index in [2.05, 4.69) is 20.2 Å². The van der Waals surface area contributed by atoms with Crippen molar-refractivity contribution in [2.75, 3.05) is 50.8 Å². The summed E-state index contributed by atoms with van der Waals surface area (Å²) in [7, 11) is -1.46. The fourth-order valence-corrected chi connectivity index (χ4v) is 7.85. The molecule has 0 radical (unpaired) electrons. The number of hydrogen-bond donors (Lipinski definition) is 1. The van der Waals surface area contributed by atoms with E-state index in [0.29, 0.717) is 37.2 Å². The van der Waals surface area contributed by atoms with Gasteiger partial charge in [-0.15, -0.1) is 0 Å². The second-order valence-corrected chi connectivity index (χ2v) is 14.8. The number of carbonyl (C=O) groups excluding carboxylic acids is 1. The molecule has 43 heavy (non-hydrogen) atoms. The van der Waals surface area contributed by atoms with Crippen LogP contribution in [0.2, 0.25) is 5.02 Å². The molecule has 12 heteroatoms. The molecule has 2 atom stereocenters. The van der Waals surface area contributed by atoms with E-state index in [1.807, 2.05) is 36.1 Å². The van der Waals surface area contributed by atoms with E-state index in [4.69, 9.17) is 16.3 Å². The van der Waals surface area contributed by atoms with Crippen molar-refractivity contribution < 1.29 is 17.9 Å². The topological polar surface area (TPSA) is 108 Å². The van der Waals surface area contributed by atoms with Gasteiger partial charge >= 0.3 is 0 Å². The molecule has 0 spiro atoms. The van der Waals surface area contributed by atoms with Crippen molar-refractivity contribution in [2.45, 2.75) is 83.1 Å². The molecule has 1 N–H and O–H groups in total. The highest BCUT2D eigenvalue weighted by Crippen LogP contribution is 2.32. The Balaban J connectivity index is 1.11. The third-order valence-electron chi connectivity index (χ3n) is 9.46. The van der Waals surface area contributed by atoms with E-state index in [9.17, 15) is 13.2 Å². The number of amides is 1. The van der Waals surface area contributed by atoms with Crippen LogP contribution < -0.4 is 5.32 Å². The maximum atomic E-state index is 13.5. The number of benzene rings is 1.